The van der Waals surface area contributed by atoms with Gasteiger partial charge in [0.15, 0.2) is 0 Å². The van der Waals surface area contributed by atoms with Gasteiger partial charge in [0.25, 0.3) is 0 Å². The van der Waals surface area contributed by atoms with Gasteiger partial charge in [0, 0.05) is 64.1 Å². The number of anilines is 1. The molecule has 30 heavy (non-hydrogen) atoms. The van der Waals surface area contributed by atoms with E-state index >= 15 is 0 Å². The van der Waals surface area contributed by atoms with Crippen molar-refractivity contribution in [2.24, 2.45) is 5.92 Å². The number of benzene rings is 1. The van der Waals surface area contributed by atoms with Gasteiger partial charge in [0.05, 0.1) is 16.9 Å². The van der Waals surface area contributed by atoms with E-state index in [-0.39, 0.29) is 17.1 Å². The maximum atomic E-state index is 13.4. The maximum absolute atomic E-state index is 13.4. The molecule has 1 aromatic carbocycles. The standard InChI is InChI=1S/C21H27F3N4O2/c1-14-10-15(27-13-20(29)4-8-30-9-5-20)12-28(11-14)17-3-2-16(21(22,23)24)18-19(17)26-7-6-25-18/h2-3,6-7,14-15,27,29H,4-5,8-13H2,1H3/t14-,15+/m1/s1. The molecular formula is C21H27F3N4O2. The van der Waals surface area contributed by atoms with Gasteiger partial charge in [-0.05, 0) is 24.5 Å². The average molecular weight is 424 g/mol. The molecule has 0 bridgehead atoms. The average Bonchev–Trinajstić information content (AvgIpc) is 2.71. The van der Waals surface area contributed by atoms with Crippen molar-refractivity contribution < 1.29 is 23.0 Å². The summed E-state index contributed by atoms with van der Waals surface area (Å²) in [5, 5.41) is 14.2. The Balaban J connectivity index is 1.55. The van der Waals surface area contributed by atoms with Crippen LogP contribution in [0, 0.1) is 5.92 Å². The zero-order valence-electron chi connectivity index (χ0n) is 17.0. The van der Waals surface area contributed by atoms with Gasteiger partial charge in [-0.25, -0.2) is 0 Å². The topological polar surface area (TPSA) is 70.5 Å². The normalized spacial score (nSPS) is 24.9. The molecule has 9 heteroatoms. The molecular weight excluding hydrogens is 397 g/mol. The molecule has 2 fully saturated rings. The second kappa shape index (κ2) is 8.28. The van der Waals surface area contributed by atoms with Gasteiger partial charge >= 0.3 is 6.18 Å². The van der Waals surface area contributed by atoms with E-state index < -0.39 is 17.3 Å². The third-order valence-corrected chi connectivity index (χ3v) is 6.05. The van der Waals surface area contributed by atoms with Crippen molar-refractivity contribution in [3.63, 3.8) is 0 Å². The Kier molecular flexibility index (Phi) is 5.87. The van der Waals surface area contributed by atoms with Crippen molar-refractivity contribution in [3.05, 3.63) is 30.1 Å². The number of rotatable bonds is 4. The molecule has 0 unspecified atom stereocenters. The predicted octanol–water partition coefficient (Wildman–Crippen LogP) is 2.99. The molecule has 0 radical (unpaired) electrons. The first-order chi connectivity index (χ1) is 14.3. The quantitative estimate of drug-likeness (QED) is 0.787. The fraction of sp³-hybridized carbons (Fsp3) is 0.619. The lowest BCUT2D eigenvalue weighted by Gasteiger charge is -2.40. The molecule has 0 amide bonds. The molecule has 4 rings (SSSR count). The summed E-state index contributed by atoms with van der Waals surface area (Å²) in [7, 11) is 0. The summed E-state index contributed by atoms with van der Waals surface area (Å²) in [6, 6.07) is 2.72. The first-order valence-corrected chi connectivity index (χ1v) is 10.3. The third kappa shape index (κ3) is 4.53. The molecule has 2 aliphatic rings. The first kappa shape index (κ1) is 21.3. The Bertz CT molecular complexity index is 886. The highest BCUT2D eigenvalue weighted by atomic mass is 19.4. The van der Waals surface area contributed by atoms with Crippen LogP contribution in [0.3, 0.4) is 0 Å². The smallest absolute Gasteiger partial charge is 0.388 e. The van der Waals surface area contributed by atoms with Gasteiger partial charge in [-0.15, -0.1) is 0 Å². The predicted molar refractivity (Wildman–Crippen MR) is 107 cm³/mol. The Labute approximate surface area is 173 Å². The number of nitrogens with one attached hydrogen (secondary N) is 1. The van der Waals surface area contributed by atoms with Crippen molar-refractivity contribution in [1.29, 1.82) is 0 Å². The highest BCUT2D eigenvalue weighted by Crippen LogP contribution is 2.37. The number of ether oxygens (including phenoxy) is 1. The lowest BCUT2D eigenvalue weighted by Crippen LogP contribution is -2.54. The zero-order valence-corrected chi connectivity index (χ0v) is 17.0. The molecule has 0 aliphatic carbocycles. The number of aromatic nitrogens is 2. The first-order valence-electron chi connectivity index (χ1n) is 10.3. The molecule has 2 aromatic rings. The molecule has 2 aliphatic heterocycles. The van der Waals surface area contributed by atoms with Crippen LogP contribution in [0.1, 0.15) is 31.7 Å². The fourth-order valence-corrected chi connectivity index (χ4v) is 4.49. The molecule has 2 N–H and O–H groups in total. The van der Waals surface area contributed by atoms with Crippen LogP contribution in [-0.2, 0) is 10.9 Å². The van der Waals surface area contributed by atoms with Crippen molar-refractivity contribution >= 4 is 16.7 Å². The van der Waals surface area contributed by atoms with Gasteiger partial charge in [-0.3, -0.25) is 9.97 Å². The van der Waals surface area contributed by atoms with Crippen LogP contribution < -0.4 is 10.2 Å². The van der Waals surface area contributed by atoms with E-state index in [9.17, 15) is 18.3 Å². The van der Waals surface area contributed by atoms with Crippen LogP contribution in [0.2, 0.25) is 0 Å². The fourth-order valence-electron chi connectivity index (χ4n) is 4.49. The summed E-state index contributed by atoms with van der Waals surface area (Å²) >= 11 is 0. The maximum Gasteiger partial charge on any atom is 0.418 e. The van der Waals surface area contributed by atoms with E-state index in [0.717, 1.165) is 19.0 Å². The zero-order chi connectivity index (χ0) is 21.4. The molecule has 1 aromatic heterocycles. The third-order valence-electron chi connectivity index (χ3n) is 6.05. The number of halogens is 3. The second-order valence-corrected chi connectivity index (χ2v) is 8.54. The highest BCUT2D eigenvalue weighted by molar-refractivity contribution is 5.90. The summed E-state index contributed by atoms with van der Waals surface area (Å²) in [4.78, 5) is 10.3. The van der Waals surface area contributed by atoms with Crippen LogP contribution in [0.25, 0.3) is 11.0 Å². The molecule has 2 saturated heterocycles. The van der Waals surface area contributed by atoms with E-state index in [0.29, 0.717) is 50.8 Å². The van der Waals surface area contributed by atoms with Crippen LogP contribution in [0.5, 0.6) is 0 Å². The Hall–Kier alpha value is -1.97. The molecule has 0 saturated carbocycles. The molecule has 6 nitrogen and oxygen atoms in total. The van der Waals surface area contributed by atoms with Gasteiger partial charge in [0.2, 0.25) is 0 Å². The number of nitrogens with zero attached hydrogens (tertiary/aromatic N) is 3. The summed E-state index contributed by atoms with van der Waals surface area (Å²) < 4.78 is 45.5. The van der Waals surface area contributed by atoms with Gasteiger partial charge in [-0.1, -0.05) is 6.92 Å². The number of hydrogen-bond acceptors (Lipinski definition) is 6. The van der Waals surface area contributed by atoms with Gasteiger partial charge < -0.3 is 20.1 Å². The van der Waals surface area contributed by atoms with Gasteiger partial charge in [-0.2, -0.15) is 13.2 Å². The van der Waals surface area contributed by atoms with E-state index in [2.05, 4.69) is 27.1 Å². The van der Waals surface area contributed by atoms with E-state index in [1.807, 2.05) is 0 Å². The summed E-state index contributed by atoms with van der Waals surface area (Å²) in [5.74, 6) is 0.342. The van der Waals surface area contributed by atoms with Crippen LogP contribution in [0.4, 0.5) is 18.9 Å². The molecule has 2 atom stereocenters. The minimum absolute atomic E-state index is 0.120. The van der Waals surface area contributed by atoms with Crippen molar-refractivity contribution in [3.8, 4) is 0 Å². The highest BCUT2D eigenvalue weighted by Gasteiger charge is 2.36. The molecule has 3 heterocycles. The monoisotopic (exact) mass is 424 g/mol. The van der Waals surface area contributed by atoms with E-state index in [1.165, 1.54) is 18.5 Å². The number of piperidine rings is 1. The molecule has 164 valence electrons. The van der Waals surface area contributed by atoms with Crippen molar-refractivity contribution in [2.75, 3.05) is 37.7 Å². The number of alkyl halides is 3. The second-order valence-electron chi connectivity index (χ2n) is 8.54. The lowest BCUT2D eigenvalue weighted by molar-refractivity contribution is -0.136. The van der Waals surface area contributed by atoms with Crippen molar-refractivity contribution in [2.45, 2.75) is 44.0 Å². The Morgan fingerprint density at radius 1 is 1.17 bits per heavy atom. The number of hydrogen-bond donors (Lipinski definition) is 2. The number of aliphatic hydroxyl groups is 1. The van der Waals surface area contributed by atoms with E-state index in [1.54, 1.807) is 0 Å². The Morgan fingerprint density at radius 2 is 1.87 bits per heavy atom. The van der Waals surface area contributed by atoms with Crippen molar-refractivity contribution in [1.82, 2.24) is 15.3 Å². The summed E-state index contributed by atoms with van der Waals surface area (Å²) in [5.41, 5.74) is -0.730. The van der Waals surface area contributed by atoms with Gasteiger partial charge in [0.1, 0.15) is 11.0 Å². The minimum Gasteiger partial charge on any atom is -0.388 e. The molecule has 0 spiro atoms. The lowest BCUT2D eigenvalue weighted by atomic mass is 9.91. The number of fused-ring (bicyclic) bond motifs is 1. The minimum atomic E-state index is -4.48. The van der Waals surface area contributed by atoms with E-state index in [4.69, 9.17) is 4.74 Å². The van der Waals surface area contributed by atoms with Crippen LogP contribution >= 0.6 is 0 Å². The SMILES string of the molecule is C[C@@H]1C[C@H](NCC2(O)CCOCC2)CN(c2ccc(C(F)(F)F)c3nccnc23)C1. The summed E-state index contributed by atoms with van der Waals surface area (Å²) in [6.07, 6.45) is 0.379. The summed E-state index contributed by atoms with van der Waals surface area (Å²) in [6.45, 7) is 5.08. The van der Waals surface area contributed by atoms with Crippen LogP contribution in [-0.4, -0.2) is 59.6 Å². The van der Waals surface area contributed by atoms with Crippen LogP contribution in [0.15, 0.2) is 24.5 Å². The Morgan fingerprint density at radius 3 is 2.57 bits per heavy atom. The largest absolute Gasteiger partial charge is 0.418 e.